The van der Waals surface area contributed by atoms with Crippen molar-refractivity contribution in [1.82, 2.24) is 0 Å². The zero-order valence-corrected chi connectivity index (χ0v) is 16.9. The summed E-state index contributed by atoms with van der Waals surface area (Å²) < 4.78 is 5.35. The Kier molecular flexibility index (Phi) is 6.47. The lowest BCUT2D eigenvalue weighted by Crippen LogP contribution is -2.07. The summed E-state index contributed by atoms with van der Waals surface area (Å²) in [6.07, 6.45) is 0. The van der Waals surface area contributed by atoms with Gasteiger partial charge in [0.05, 0.1) is 0 Å². The predicted octanol–water partition coefficient (Wildman–Crippen LogP) is 4.90. The van der Waals surface area contributed by atoms with Gasteiger partial charge in [0.1, 0.15) is 29.4 Å². The van der Waals surface area contributed by atoms with Crippen LogP contribution in [-0.2, 0) is 17.9 Å². The van der Waals surface area contributed by atoms with E-state index in [9.17, 15) is 20.1 Å². The summed E-state index contributed by atoms with van der Waals surface area (Å²) in [7, 11) is 0. The topological polar surface area (TPSA) is 99.0 Å². The minimum Gasteiger partial charge on any atom is -0.508 e. The van der Waals surface area contributed by atoms with E-state index in [-0.39, 0.29) is 36.0 Å². The fourth-order valence-corrected chi connectivity index (χ4v) is 2.95. The van der Waals surface area contributed by atoms with Crippen LogP contribution >= 0.6 is 0 Å². The maximum absolute atomic E-state index is 12.5. The summed E-state index contributed by atoms with van der Waals surface area (Å²) in [4.78, 5) is 12.5. The smallest absolute Gasteiger partial charge is 0.342 e. The average Bonchev–Trinajstić information content (AvgIpc) is 2.73. The van der Waals surface area contributed by atoms with Crippen LogP contribution in [0.15, 0.2) is 60.7 Å². The number of carbonyl (C=O) groups excluding carboxylic acids is 1. The molecule has 4 N–H and O–H groups in total. The highest BCUT2D eigenvalue weighted by Crippen LogP contribution is 2.26. The van der Waals surface area contributed by atoms with Crippen LogP contribution in [0.2, 0.25) is 0 Å². The molecule has 0 saturated heterocycles. The van der Waals surface area contributed by atoms with Gasteiger partial charge >= 0.3 is 5.97 Å². The van der Waals surface area contributed by atoms with Crippen LogP contribution < -0.4 is 5.32 Å². The Hall–Kier alpha value is -3.67. The van der Waals surface area contributed by atoms with Crippen LogP contribution in [0, 0.1) is 0 Å². The van der Waals surface area contributed by atoms with Crippen LogP contribution in [0.1, 0.15) is 46.8 Å². The van der Waals surface area contributed by atoms with Gasteiger partial charge in [-0.3, -0.25) is 0 Å². The van der Waals surface area contributed by atoms with Crippen molar-refractivity contribution in [3.63, 3.8) is 0 Å². The first-order valence-corrected chi connectivity index (χ1v) is 9.67. The van der Waals surface area contributed by atoms with Gasteiger partial charge in [-0.25, -0.2) is 4.79 Å². The van der Waals surface area contributed by atoms with Crippen molar-refractivity contribution < 1.29 is 24.9 Å². The molecule has 0 radical (unpaired) electrons. The van der Waals surface area contributed by atoms with Crippen molar-refractivity contribution in [1.29, 1.82) is 0 Å². The third kappa shape index (κ3) is 5.23. The number of hydrogen-bond acceptors (Lipinski definition) is 6. The average molecular weight is 407 g/mol. The number of nitrogens with one attached hydrogen (secondary N) is 1. The third-order valence-corrected chi connectivity index (χ3v) is 4.78. The first kappa shape index (κ1) is 21.0. The number of esters is 1. The number of phenolic OH excluding ortho intramolecular Hbond substituents is 3. The Balaban J connectivity index is 1.65. The van der Waals surface area contributed by atoms with Gasteiger partial charge in [-0.15, -0.1) is 0 Å². The van der Waals surface area contributed by atoms with Gasteiger partial charge in [0.2, 0.25) is 0 Å². The second-order valence-corrected chi connectivity index (χ2v) is 7.37. The zero-order valence-electron chi connectivity index (χ0n) is 16.9. The highest BCUT2D eigenvalue weighted by atomic mass is 16.5. The minimum absolute atomic E-state index is 0.0407. The van der Waals surface area contributed by atoms with Crippen LogP contribution in [0.3, 0.4) is 0 Å². The van der Waals surface area contributed by atoms with E-state index in [1.807, 2.05) is 24.3 Å². The molecule has 3 rings (SSSR count). The Morgan fingerprint density at radius 3 is 2.33 bits per heavy atom. The van der Waals surface area contributed by atoms with Gasteiger partial charge in [0.15, 0.2) is 0 Å². The molecule has 6 nitrogen and oxygen atoms in total. The van der Waals surface area contributed by atoms with Crippen molar-refractivity contribution >= 4 is 11.7 Å². The summed E-state index contributed by atoms with van der Waals surface area (Å²) >= 11 is 0. The summed E-state index contributed by atoms with van der Waals surface area (Å²) in [5.41, 5.74) is 3.17. The molecule has 156 valence electrons. The van der Waals surface area contributed by atoms with E-state index < -0.39 is 5.97 Å². The fourth-order valence-electron chi connectivity index (χ4n) is 2.95. The maximum Gasteiger partial charge on any atom is 0.342 e. The second-order valence-electron chi connectivity index (χ2n) is 7.37. The van der Waals surface area contributed by atoms with Gasteiger partial charge < -0.3 is 25.4 Å². The molecule has 0 aromatic heterocycles. The number of benzene rings is 3. The molecule has 30 heavy (non-hydrogen) atoms. The molecule has 3 aromatic rings. The van der Waals surface area contributed by atoms with Crippen molar-refractivity contribution in [3.05, 3.63) is 82.9 Å². The number of aromatic hydroxyl groups is 3. The van der Waals surface area contributed by atoms with Gasteiger partial charge in [-0.2, -0.15) is 0 Å². The Bertz CT molecular complexity index is 1030. The Morgan fingerprint density at radius 2 is 1.63 bits per heavy atom. The van der Waals surface area contributed by atoms with Crippen LogP contribution in [-0.4, -0.2) is 21.3 Å². The summed E-state index contributed by atoms with van der Waals surface area (Å²) in [5, 5.41) is 32.5. The van der Waals surface area contributed by atoms with E-state index in [0.717, 1.165) is 5.56 Å². The van der Waals surface area contributed by atoms with Crippen molar-refractivity contribution in [3.8, 4) is 17.2 Å². The molecule has 0 bridgehead atoms. The standard InChI is InChI=1S/C24H25NO5/c1-15(2)17-5-3-16(4-6-17)14-30-24(29)21-12-19(7-9-23(21)28)25-13-18-11-20(26)8-10-22(18)27/h3-12,15,25-28H,13-14H2,1-2H3. The van der Waals surface area contributed by atoms with E-state index in [4.69, 9.17) is 4.74 Å². The van der Waals surface area contributed by atoms with E-state index >= 15 is 0 Å². The molecule has 0 aliphatic carbocycles. The van der Waals surface area contributed by atoms with Crippen LogP contribution in [0.25, 0.3) is 0 Å². The lowest BCUT2D eigenvalue weighted by molar-refractivity contribution is 0.0469. The molecule has 0 amide bonds. The van der Waals surface area contributed by atoms with E-state index in [0.29, 0.717) is 17.2 Å². The van der Waals surface area contributed by atoms with E-state index in [2.05, 4.69) is 19.2 Å². The minimum atomic E-state index is -0.635. The van der Waals surface area contributed by atoms with E-state index in [1.165, 1.54) is 35.9 Å². The van der Waals surface area contributed by atoms with E-state index in [1.54, 1.807) is 6.07 Å². The quantitative estimate of drug-likeness (QED) is 0.329. The number of rotatable bonds is 7. The SMILES string of the molecule is CC(C)c1ccc(COC(=O)c2cc(NCc3cc(O)ccc3O)ccc2O)cc1. The molecule has 3 aromatic carbocycles. The fraction of sp³-hybridized carbons (Fsp3) is 0.208. The number of hydrogen-bond donors (Lipinski definition) is 4. The molecule has 0 unspecified atom stereocenters. The Labute approximate surface area is 175 Å². The third-order valence-electron chi connectivity index (χ3n) is 4.78. The van der Waals surface area contributed by atoms with Gasteiger partial charge in [0.25, 0.3) is 0 Å². The number of anilines is 1. The highest BCUT2D eigenvalue weighted by Gasteiger charge is 2.14. The summed E-state index contributed by atoms with van der Waals surface area (Å²) in [5.74, 6) is -0.302. The molecular weight excluding hydrogens is 382 g/mol. The number of carbonyl (C=O) groups is 1. The number of phenols is 3. The van der Waals surface area contributed by atoms with Gasteiger partial charge in [0, 0.05) is 17.8 Å². The molecule has 0 aliphatic heterocycles. The zero-order chi connectivity index (χ0) is 21.7. The maximum atomic E-state index is 12.5. The first-order valence-electron chi connectivity index (χ1n) is 9.67. The summed E-state index contributed by atoms with van der Waals surface area (Å²) in [6, 6.07) is 16.6. The monoisotopic (exact) mass is 407 g/mol. The molecule has 0 heterocycles. The normalized spacial score (nSPS) is 10.8. The molecule has 0 aliphatic rings. The molecule has 0 saturated carbocycles. The Morgan fingerprint density at radius 1 is 0.933 bits per heavy atom. The molecule has 0 atom stereocenters. The summed E-state index contributed by atoms with van der Waals surface area (Å²) in [6.45, 7) is 4.55. The van der Waals surface area contributed by atoms with Crippen molar-refractivity contribution in [2.75, 3.05) is 5.32 Å². The lowest BCUT2D eigenvalue weighted by Gasteiger charge is -2.12. The van der Waals surface area contributed by atoms with Crippen LogP contribution in [0.5, 0.6) is 17.2 Å². The van der Waals surface area contributed by atoms with Gasteiger partial charge in [-0.05, 0) is 53.4 Å². The lowest BCUT2D eigenvalue weighted by atomic mass is 10.0. The number of ether oxygens (including phenoxy) is 1. The van der Waals surface area contributed by atoms with Gasteiger partial charge in [-0.1, -0.05) is 38.1 Å². The molecular formula is C24H25NO5. The molecule has 6 heteroatoms. The predicted molar refractivity (Wildman–Crippen MR) is 115 cm³/mol. The first-order chi connectivity index (χ1) is 14.3. The molecule has 0 spiro atoms. The van der Waals surface area contributed by atoms with Crippen molar-refractivity contribution in [2.24, 2.45) is 0 Å². The van der Waals surface area contributed by atoms with Crippen molar-refractivity contribution in [2.45, 2.75) is 32.9 Å². The second kappa shape index (κ2) is 9.22. The highest BCUT2D eigenvalue weighted by molar-refractivity contribution is 5.93. The van der Waals surface area contributed by atoms with Crippen LogP contribution in [0.4, 0.5) is 5.69 Å². The largest absolute Gasteiger partial charge is 0.508 e. The molecule has 0 fully saturated rings.